The van der Waals surface area contributed by atoms with Gasteiger partial charge in [-0.05, 0) is 31.2 Å². The van der Waals surface area contributed by atoms with Gasteiger partial charge >= 0.3 is 0 Å². The lowest BCUT2D eigenvalue weighted by atomic mass is 10.1. The molecule has 0 atom stereocenters. The predicted molar refractivity (Wildman–Crippen MR) is 94.0 cm³/mol. The molecule has 0 saturated carbocycles. The van der Waals surface area contributed by atoms with Crippen LogP contribution in [0.5, 0.6) is 0 Å². The fraction of sp³-hybridized carbons (Fsp3) is 0.100. The van der Waals surface area contributed by atoms with Crippen molar-refractivity contribution in [2.75, 3.05) is 6.54 Å². The van der Waals surface area contributed by atoms with Gasteiger partial charge in [-0.1, -0.05) is 42.2 Å². The van der Waals surface area contributed by atoms with Gasteiger partial charge in [-0.15, -0.1) is 0 Å². The Kier molecular flexibility index (Phi) is 4.44. The molecule has 2 aromatic carbocycles. The van der Waals surface area contributed by atoms with E-state index in [1.807, 2.05) is 30.3 Å². The second-order valence-corrected chi connectivity index (χ2v) is 5.39. The van der Waals surface area contributed by atoms with Crippen molar-refractivity contribution in [2.24, 2.45) is 0 Å². The number of fused-ring (bicyclic) bond motifs is 1. The molecule has 3 aromatic rings. The summed E-state index contributed by atoms with van der Waals surface area (Å²) in [6.07, 6.45) is 0. The molecule has 0 bridgehead atoms. The van der Waals surface area contributed by atoms with Gasteiger partial charge in [0.25, 0.3) is 5.91 Å². The Labute approximate surface area is 139 Å². The number of para-hydroxylation sites is 1. The summed E-state index contributed by atoms with van der Waals surface area (Å²) in [6, 6.07) is 16.6. The number of aromatic nitrogens is 1. The van der Waals surface area contributed by atoms with Crippen LogP contribution in [0.4, 0.5) is 0 Å². The molecular weight excluding hydrogens is 300 g/mol. The van der Waals surface area contributed by atoms with E-state index in [0.29, 0.717) is 11.3 Å². The Morgan fingerprint density at radius 3 is 2.54 bits per heavy atom. The lowest BCUT2D eigenvalue weighted by Gasteiger charge is -1.98. The summed E-state index contributed by atoms with van der Waals surface area (Å²) < 4.78 is 0. The number of carbonyl (C=O) groups is 2. The summed E-state index contributed by atoms with van der Waals surface area (Å²) in [5.74, 6) is 5.70. The number of ketones is 1. The molecule has 4 nitrogen and oxygen atoms in total. The van der Waals surface area contributed by atoms with E-state index in [9.17, 15) is 9.59 Å². The standard InChI is InChI=1S/C20H16N2O2/c1-14(23)16-10-8-15(9-11-16)5-4-12-21-20(24)19-13-17-6-2-3-7-18(17)22-19/h2-3,6-11,13,22H,12H2,1H3,(H,21,24). The lowest BCUT2D eigenvalue weighted by molar-refractivity contribution is 0.0953. The van der Waals surface area contributed by atoms with Crippen LogP contribution in [0.15, 0.2) is 54.6 Å². The number of hydrogen-bond acceptors (Lipinski definition) is 2. The first kappa shape index (κ1) is 15.6. The molecule has 0 aliphatic rings. The fourth-order valence-corrected chi connectivity index (χ4v) is 2.35. The maximum Gasteiger partial charge on any atom is 0.268 e. The third kappa shape index (κ3) is 3.53. The number of benzene rings is 2. The summed E-state index contributed by atoms with van der Waals surface area (Å²) >= 11 is 0. The number of Topliss-reactive ketones (excluding diaryl/α,β-unsaturated/α-hetero) is 1. The van der Waals surface area contributed by atoms with Crippen LogP contribution < -0.4 is 5.32 Å². The average molecular weight is 316 g/mol. The number of carbonyl (C=O) groups excluding carboxylic acids is 2. The molecule has 0 spiro atoms. The van der Waals surface area contributed by atoms with E-state index in [0.717, 1.165) is 16.5 Å². The van der Waals surface area contributed by atoms with Gasteiger partial charge in [-0.25, -0.2) is 0 Å². The molecule has 0 fully saturated rings. The zero-order chi connectivity index (χ0) is 16.9. The van der Waals surface area contributed by atoms with E-state index < -0.39 is 0 Å². The van der Waals surface area contributed by atoms with Crippen LogP contribution in [0, 0.1) is 11.8 Å². The van der Waals surface area contributed by atoms with E-state index in [2.05, 4.69) is 22.1 Å². The zero-order valence-electron chi connectivity index (χ0n) is 13.2. The molecule has 0 aliphatic heterocycles. The maximum atomic E-state index is 12.1. The predicted octanol–water partition coefficient (Wildman–Crippen LogP) is 3.15. The van der Waals surface area contributed by atoms with Gasteiger partial charge in [0, 0.05) is 22.0 Å². The molecule has 0 saturated heterocycles. The summed E-state index contributed by atoms with van der Waals surface area (Å²) in [4.78, 5) is 26.4. The summed E-state index contributed by atoms with van der Waals surface area (Å²) in [7, 11) is 0. The topological polar surface area (TPSA) is 62.0 Å². The Morgan fingerprint density at radius 1 is 1.08 bits per heavy atom. The van der Waals surface area contributed by atoms with E-state index in [4.69, 9.17) is 0 Å². The summed E-state index contributed by atoms with van der Waals surface area (Å²) in [5.41, 5.74) is 2.91. The van der Waals surface area contributed by atoms with E-state index in [1.165, 1.54) is 6.92 Å². The van der Waals surface area contributed by atoms with Gasteiger partial charge in [0.15, 0.2) is 5.78 Å². The maximum absolute atomic E-state index is 12.1. The molecule has 0 aliphatic carbocycles. The van der Waals surface area contributed by atoms with Crippen molar-refractivity contribution >= 4 is 22.6 Å². The Morgan fingerprint density at radius 2 is 1.83 bits per heavy atom. The highest BCUT2D eigenvalue weighted by atomic mass is 16.1. The van der Waals surface area contributed by atoms with Gasteiger partial charge in [0.05, 0.1) is 6.54 Å². The molecule has 0 radical (unpaired) electrons. The second-order valence-electron chi connectivity index (χ2n) is 5.39. The highest BCUT2D eigenvalue weighted by molar-refractivity contribution is 5.98. The molecule has 4 heteroatoms. The zero-order valence-corrected chi connectivity index (χ0v) is 13.2. The van der Waals surface area contributed by atoms with Gasteiger partial charge < -0.3 is 10.3 Å². The smallest absolute Gasteiger partial charge is 0.268 e. The van der Waals surface area contributed by atoms with Crippen LogP contribution in [0.1, 0.15) is 33.3 Å². The average Bonchev–Trinajstić information content (AvgIpc) is 3.03. The monoisotopic (exact) mass is 316 g/mol. The van der Waals surface area contributed by atoms with Crippen LogP contribution in [0.2, 0.25) is 0 Å². The first-order valence-electron chi connectivity index (χ1n) is 7.59. The highest BCUT2D eigenvalue weighted by Gasteiger charge is 2.07. The number of nitrogens with one attached hydrogen (secondary N) is 2. The fourth-order valence-electron chi connectivity index (χ4n) is 2.35. The number of rotatable bonds is 3. The molecule has 118 valence electrons. The van der Waals surface area contributed by atoms with Crippen LogP contribution >= 0.6 is 0 Å². The van der Waals surface area contributed by atoms with Crippen LogP contribution in [-0.2, 0) is 0 Å². The van der Waals surface area contributed by atoms with E-state index in [1.54, 1.807) is 24.3 Å². The molecule has 0 unspecified atom stereocenters. The molecule has 1 aromatic heterocycles. The van der Waals surface area contributed by atoms with E-state index >= 15 is 0 Å². The quantitative estimate of drug-likeness (QED) is 0.576. The normalized spacial score (nSPS) is 10.0. The van der Waals surface area contributed by atoms with Gasteiger partial charge in [0.2, 0.25) is 0 Å². The Balaban J connectivity index is 1.60. The third-order valence-electron chi connectivity index (χ3n) is 3.64. The third-order valence-corrected chi connectivity index (χ3v) is 3.64. The summed E-state index contributed by atoms with van der Waals surface area (Å²) in [5, 5.41) is 3.76. The molecule has 24 heavy (non-hydrogen) atoms. The molecule has 2 N–H and O–H groups in total. The molecule has 1 amide bonds. The lowest BCUT2D eigenvalue weighted by Crippen LogP contribution is -2.23. The minimum Gasteiger partial charge on any atom is -0.351 e. The van der Waals surface area contributed by atoms with Crippen molar-refractivity contribution in [3.8, 4) is 11.8 Å². The first-order valence-corrected chi connectivity index (χ1v) is 7.59. The Hall–Kier alpha value is -3.32. The SMILES string of the molecule is CC(=O)c1ccc(C#CCNC(=O)c2cc3ccccc3[nH]2)cc1. The molecule has 1 heterocycles. The van der Waals surface area contributed by atoms with Crippen LogP contribution in [0.25, 0.3) is 10.9 Å². The van der Waals surface area contributed by atoms with Gasteiger partial charge in [-0.2, -0.15) is 0 Å². The van der Waals surface area contributed by atoms with Crippen molar-refractivity contribution in [1.82, 2.24) is 10.3 Å². The highest BCUT2D eigenvalue weighted by Crippen LogP contribution is 2.14. The largest absolute Gasteiger partial charge is 0.351 e. The molecular formula is C20H16N2O2. The number of amides is 1. The second kappa shape index (κ2) is 6.84. The van der Waals surface area contributed by atoms with Crippen molar-refractivity contribution in [1.29, 1.82) is 0 Å². The van der Waals surface area contributed by atoms with Crippen molar-refractivity contribution in [3.05, 3.63) is 71.4 Å². The van der Waals surface area contributed by atoms with Gasteiger partial charge in [0.1, 0.15) is 5.69 Å². The number of hydrogen-bond donors (Lipinski definition) is 2. The molecule has 3 rings (SSSR count). The minimum absolute atomic E-state index is 0.0279. The Bertz CT molecular complexity index is 923. The van der Waals surface area contributed by atoms with Gasteiger partial charge in [-0.3, -0.25) is 9.59 Å². The summed E-state index contributed by atoms with van der Waals surface area (Å²) in [6.45, 7) is 1.78. The van der Waals surface area contributed by atoms with Crippen molar-refractivity contribution < 1.29 is 9.59 Å². The minimum atomic E-state index is -0.188. The number of H-pyrrole nitrogens is 1. The van der Waals surface area contributed by atoms with Crippen molar-refractivity contribution in [3.63, 3.8) is 0 Å². The van der Waals surface area contributed by atoms with E-state index in [-0.39, 0.29) is 18.2 Å². The van der Waals surface area contributed by atoms with Crippen LogP contribution in [-0.4, -0.2) is 23.2 Å². The number of aromatic amines is 1. The van der Waals surface area contributed by atoms with Crippen LogP contribution in [0.3, 0.4) is 0 Å². The first-order chi connectivity index (χ1) is 11.6. The van der Waals surface area contributed by atoms with Crippen molar-refractivity contribution in [2.45, 2.75) is 6.92 Å².